The highest BCUT2D eigenvalue weighted by atomic mass is 32.1. The Bertz CT molecular complexity index is 594. The van der Waals surface area contributed by atoms with Crippen LogP contribution < -0.4 is 0 Å². The summed E-state index contributed by atoms with van der Waals surface area (Å²) in [4.78, 5) is 26.6. The minimum atomic E-state index is -0.379. The molecule has 1 saturated heterocycles. The molecule has 0 saturated carbocycles. The van der Waals surface area contributed by atoms with E-state index in [1.54, 1.807) is 20.2 Å². The van der Waals surface area contributed by atoms with Gasteiger partial charge in [0.1, 0.15) is 5.57 Å². The molecular formula is C15H14N2O2S. The van der Waals surface area contributed by atoms with Gasteiger partial charge >= 0.3 is 0 Å². The first kappa shape index (κ1) is 14.1. The van der Waals surface area contributed by atoms with Crippen LogP contribution in [0.15, 0.2) is 48.1 Å². The lowest BCUT2D eigenvalue weighted by Crippen LogP contribution is -2.52. The molecule has 0 unspecified atom stereocenters. The Morgan fingerprint density at radius 1 is 1.00 bits per heavy atom. The number of rotatable bonds is 2. The molecular weight excluding hydrogens is 272 g/mol. The van der Waals surface area contributed by atoms with E-state index in [1.165, 1.54) is 15.9 Å². The fourth-order valence-electron chi connectivity index (χ4n) is 1.81. The van der Waals surface area contributed by atoms with Crippen molar-refractivity contribution in [1.29, 1.82) is 0 Å². The second-order valence-electron chi connectivity index (χ2n) is 4.36. The third-order valence-electron chi connectivity index (χ3n) is 3.00. The van der Waals surface area contributed by atoms with Crippen molar-refractivity contribution in [2.24, 2.45) is 0 Å². The third kappa shape index (κ3) is 2.67. The van der Waals surface area contributed by atoms with Crippen LogP contribution >= 0.6 is 12.2 Å². The summed E-state index contributed by atoms with van der Waals surface area (Å²) in [7, 11) is 3.12. The Morgan fingerprint density at radius 3 is 2.10 bits per heavy atom. The van der Waals surface area contributed by atoms with Gasteiger partial charge in [0.15, 0.2) is 5.11 Å². The van der Waals surface area contributed by atoms with Crippen molar-refractivity contribution in [2.45, 2.75) is 0 Å². The molecule has 1 aromatic carbocycles. The first-order chi connectivity index (χ1) is 9.52. The summed E-state index contributed by atoms with van der Waals surface area (Å²) >= 11 is 5.01. The molecule has 4 nitrogen and oxygen atoms in total. The monoisotopic (exact) mass is 286 g/mol. The maximum Gasteiger partial charge on any atom is 0.265 e. The second-order valence-corrected chi connectivity index (χ2v) is 4.73. The van der Waals surface area contributed by atoms with Gasteiger partial charge in [-0.3, -0.25) is 19.4 Å². The zero-order valence-electron chi connectivity index (χ0n) is 11.2. The Balaban J connectivity index is 2.24. The van der Waals surface area contributed by atoms with Crippen LogP contribution in [0.5, 0.6) is 0 Å². The van der Waals surface area contributed by atoms with Crippen LogP contribution in [0.2, 0.25) is 0 Å². The number of likely N-dealkylation sites (N-methyl/N-ethyl adjacent to an activating group) is 2. The standard InChI is InChI=1S/C15H14N2O2S/c1-16-13(18)12(14(19)17(2)15(16)20)10-6-9-11-7-4-3-5-8-11/h3-10H,1-2H3. The van der Waals surface area contributed by atoms with E-state index in [0.717, 1.165) is 5.56 Å². The summed E-state index contributed by atoms with van der Waals surface area (Å²) in [5.74, 6) is -0.758. The largest absolute Gasteiger partial charge is 0.288 e. The molecule has 102 valence electrons. The molecule has 0 spiro atoms. The molecule has 0 aromatic heterocycles. The Morgan fingerprint density at radius 2 is 1.55 bits per heavy atom. The van der Waals surface area contributed by atoms with Gasteiger partial charge in [-0.1, -0.05) is 42.5 Å². The van der Waals surface area contributed by atoms with Crippen molar-refractivity contribution in [1.82, 2.24) is 9.80 Å². The van der Waals surface area contributed by atoms with Crippen molar-refractivity contribution < 1.29 is 9.59 Å². The molecule has 1 fully saturated rings. The molecule has 1 aliphatic heterocycles. The summed E-state index contributed by atoms with van der Waals surface area (Å²) < 4.78 is 0. The highest BCUT2D eigenvalue weighted by molar-refractivity contribution is 7.80. The predicted molar refractivity (Wildman–Crippen MR) is 81.7 cm³/mol. The van der Waals surface area contributed by atoms with E-state index in [9.17, 15) is 9.59 Å². The minimum absolute atomic E-state index is 0.107. The highest BCUT2D eigenvalue weighted by Gasteiger charge is 2.34. The maximum absolute atomic E-state index is 12.0. The Hall–Kier alpha value is -2.27. The molecule has 2 amide bonds. The highest BCUT2D eigenvalue weighted by Crippen LogP contribution is 2.15. The quantitative estimate of drug-likeness (QED) is 0.473. The lowest BCUT2D eigenvalue weighted by atomic mass is 10.1. The number of allylic oxidation sites excluding steroid dienone is 2. The zero-order chi connectivity index (χ0) is 14.7. The summed E-state index contributed by atoms with van der Waals surface area (Å²) in [6, 6.07) is 9.64. The van der Waals surface area contributed by atoms with Crippen molar-refractivity contribution in [3.05, 3.63) is 53.6 Å². The van der Waals surface area contributed by atoms with Gasteiger partial charge in [0.05, 0.1) is 0 Å². The molecule has 0 radical (unpaired) electrons. The van der Waals surface area contributed by atoms with Crippen LogP contribution in [0, 0.1) is 0 Å². The lowest BCUT2D eigenvalue weighted by molar-refractivity contribution is -0.132. The molecule has 1 aliphatic rings. The normalized spacial score (nSPS) is 16.3. The van der Waals surface area contributed by atoms with Crippen LogP contribution in [0.4, 0.5) is 0 Å². The second kappa shape index (κ2) is 5.79. The summed E-state index contributed by atoms with van der Waals surface area (Å²) in [5, 5.41) is 0.212. The number of benzene rings is 1. The van der Waals surface area contributed by atoms with Gasteiger partial charge in [0, 0.05) is 14.1 Å². The first-order valence-corrected chi connectivity index (χ1v) is 6.46. The van der Waals surface area contributed by atoms with Crippen LogP contribution in [0.3, 0.4) is 0 Å². The molecule has 1 aromatic rings. The number of hydrogen-bond donors (Lipinski definition) is 0. The van der Waals surface area contributed by atoms with Crippen molar-refractivity contribution in [3.8, 4) is 0 Å². The van der Waals surface area contributed by atoms with E-state index in [0.29, 0.717) is 0 Å². The van der Waals surface area contributed by atoms with Gasteiger partial charge in [-0.2, -0.15) is 0 Å². The van der Waals surface area contributed by atoms with Gasteiger partial charge < -0.3 is 0 Å². The Kier molecular flexibility index (Phi) is 4.10. The molecule has 0 atom stereocenters. The van der Waals surface area contributed by atoms with Crippen LogP contribution in [0.1, 0.15) is 5.56 Å². The number of hydrogen-bond acceptors (Lipinski definition) is 3. The number of nitrogens with zero attached hydrogens (tertiary/aromatic N) is 2. The van der Waals surface area contributed by atoms with E-state index < -0.39 is 0 Å². The van der Waals surface area contributed by atoms with E-state index in [2.05, 4.69) is 0 Å². The van der Waals surface area contributed by atoms with Crippen molar-refractivity contribution in [2.75, 3.05) is 14.1 Å². The average Bonchev–Trinajstić information content (AvgIpc) is 2.48. The molecule has 0 N–H and O–H groups in total. The fraction of sp³-hybridized carbons (Fsp3) is 0.133. The fourth-order valence-corrected chi connectivity index (χ4v) is 1.98. The SMILES string of the molecule is CN1C(=O)C(=CC=Cc2ccccc2)C(=O)N(C)C1=S. The molecule has 2 rings (SSSR count). The van der Waals surface area contributed by atoms with Crippen molar-refractivity contribution >= 4 is 35.2 Å². The minimum Gasteiger partial charge on any atom is -0.288 e. The molecule has 20 heavy (non-hydrogen) atoms. The van der Waals surface area contributed by atoms with Gasteiger partial charge in [-0.15, -0.1) is 0 Å². The topological polar surface area (TPSA) is 40.6 Å². The third-order valence-corrected chi connectivity index (χ3v) is 3.54. The van der Waals surface area contributed by atoms with Crippen LogP contribution in [0.25, 0.3) is 6.08 Å². The van der Waals surface area contributed by atoms with E-state index in [1.807, 2.05) is 36.4 Å². The van der Waals surface area contributed by atoms with E-state index >= 15 is 0 Å². The van der Waals surface area contributed by atoms with Gasteiger partial charge in [0.25, 0.3) is 11.8 Å². The maximum atomic E-state index is 12.0. The summed E-state index contributed by atoms with van der Waals surface area (Å²) in [6.45, 7) is 0. The molecule has 0 aliphatic carbocycles. The van der Waals surface area contributed by atoms with Gasteiger partial charge in [-0.05, 0) is 23.9 Å². The zero-order valence-corrected chi connectivity index (χ0v) is 12.1. The average molecular weight is 286 g/mol. The van der Waals surface area contributed by atoms with Crippen molar-refractivity contribution in [3.63, 3.8) is 0 Å². The van der Waals surface area contributed by atoms with Gasteiger partial charge in [0.2, 0.25) is 0 Å². The van der Waals surface area contributed by atoms with E-state index in [-0.39, 0.29) is 22.5 Å². The van der Waals surface area contributed by atoms with E-state index in [4.69, 9.17) is 12.2 Å². The molecule has 1 heterocycles. The number of carbonyl (C=O) groups is 2. The molecule has 5 heteroatoms. The van der Waals surface area contributed by atoms with Gasteiger partial charge in [-0.25, -0.2) is 0 Å². The smallest absolute Gasteiger partial charge is 0.265 e. The predicted octanol–water partition coefficient (Wildman–Crippen LogP) is 1.84. The number of carbonyl (C=O) groups excluding carboxylic acids is 2. The van der Waals surface area contributed by atoms with Crippen LogP contribution in [-0.4, -0.2) is 40.8 Å². The number of amides is 2. The summed E-state index contributed by atoms with van der Waals surface area (Å²) in [6.07, 6.45) is 5.05. The lowest BCUT2D eigenvalue weighted by Gasteiger charge is -2.31. The Labute approximate surface area is 123 Å². The number of thiocarbonyl (C=S) groups is 1. The molecule has 0 bridgehead atoms. The van der Waals surface area contributed by atoms with Crippen LogP contribution in [-0.2, 0) is 9.59 Å². The first-order valence-electron chi connectivity index (χ1n) is 6.06. The summed E-state index contributed by atoms with van der Waals surface area (Å²) in [5.41, 5.74) is 1.10.